The van der Waals surface area contributed by atoms with Crippen LogP contribution in [0.1, 0.15) is 18.1 Å². The predicted octanol–water partition coefficient (Wildman–Crippen LogP) is 3.94. The Morgan fingerprint density at radius 1 is 1.05 bits per heavy atom. The van der Waals surface area contributed by atoms with Gasteiger partial charge in [0, 0.05) is 18.2 Å². The van der Waals surface area contributed by atoms with Gasteiger partial charge in [-0.05, 0) is 43.2 Å². The number of anilines is 1. The van der Waals surface area contributed by atoms with Crippen LogP contribution in [-0.4, -0.2) is 13.0 Å². The first-order valence-electron chi connectivity index (χ1n) is 6.54. The van der Waals surface area contributed by atoms with Gasteiger partial charge in [-0.25, -0.2) is 0 Å². The number of nitrogens with one attached hydrogen (secondary N) is 1. The number of hydrogen-bond donors (Lipinski definition) is 1. The molecule has 20 heavy (non-hydrogen) atoms. The zero-order chi connectivity index (χ0) is 14.7. The Hall–Kier alpha value is -2.29. The lowest BCUT2D eigenvalue weighted by Gasteiger charge is -2.14. The molecule has 0 aliphatic rings. The lowest BCUT2D eigenvalue weighted by atomic mass is 9.97. The van der Waals surface area contributed by atoms with Crippen molar-refractivity contribution in [1.82, 2.24) is 0 Å². The average molecular weight is 269 g/mol. The second-order valence-corrected chi connectivity index (χ2v) is 4.91. The number of carbonyl (C=O) groups is 1. The fraction of sp³-hybridized carbons (Fsp3) is 0.235. The molecular formula is C17H19NO2. The number of ether oxygens (including phenoxy) is 1. The summed E-state index contributed by atoms with van der Waals surface area (Å²) in [5.41, 5.74) is 5.25. The predicted molar refractivity (Wildman–Crippen MR) is 82.2 cm³/mol. The molecule has 1 amide bonds. The Kier molecular flexibility index (Phi) is 4.08. The smallest absolute Gasteiger partial charge is 0.221 e. The molecule has 104 valence electrons. The van der Waals surface area contributed by atoms with Crippen LogP contribution in [0.25, 0.3) is 11.1 Å². The highest BCUT2D eigenvalue weighted by atomic mass is 16.5. The highest BCUT2D eigenvalue weighted by Gasteiger charge is 2.10. The monoisotopic (exact) mass is 269 g/mol. The zero-order valence-electron chi connectivity index (χ0n) is 12.3. The first kappa shape index (κ1) is 14.1. The normalized spacial score (nSPS) is 10.2. The van der Waals surface area contributed by atoms with Gasteiger partial charge >= 0.3 is 0 Å². The molecule has 0 radical (unpaired) electrons. The fourth-order valence-electron chi connectivity index (χ4n) is 2.23. The van der Waals surface area contributed by atoms with Crippen molar-refractivity contribution < 1.29 is 9.53 Å². The number of benzene rings is 2. The van der Waals surface area contributed by atoms with Crippen LogP contribution in [-0.2, 0) is 4.79 Å². The van der Waals surface area contributed by atoms with E-state index in [-0.39, 0.29) is 5.91 Å². The Bertz CT molecular complexity index is 647. The molecule has 0 aromatic heterocycles. The molecule has 0 atom stereocenters. The zero-order valence-corrected chi connectivity index (χ0v) is 12.3. The van der Waals surface area contributed by atoms with Crippen LogP contribution in [0.2, 0.25) is 0 Å². The summed E-state index contributed by atoms with van der Waals surface area (Å²) in [6.07, 6.45) is 0. The van der Waals surface area contributed by atoms with E-state index < -0.39 is 0 Å². The van der Waals surface area contributed by atoms with Crippen LogP contribution in [0.15, 0.2) is 36.4 Å². The molecule has 0 fully saturated rings. The summed E-state index contributed by atoms with van der Waals surface area (Å²) in [4.78, 5) is 11.2. The maximum absolute atomic E-state index is 11.2. The van der Waals surface area contributed by atoms with Crippen molar-refractivity contribution in [2.24, 2.45) is 0 Å². The standard InChI is InChI=1S/C17H19NO2/c1-11-5-6-12(2)15(9-11)16-10-14(18-13(3)19)7-8-17(16)20-4/h5-10H,1-4H3,(H,18,19). The fourth-order valence-corrected chi connectivity index (χ4v) is 2.23. The second kappa shape index (κ2) is 5.78. The van der Waals surface area contributed by atoms with Gasteiger partial charge in [0.05, 0.1) is 7.11 Å². The summed E-state index contributed by atoms with van der Waals surface area (Å²) < 4.78 is 5.44. The van der Waals surface area contributed by atoms with Crippen molar-refractivity contribution in [3.8, 4) is 16.9 Å². The third-order valence-corrected chi connectivity index (χ3v) is 3.20. The first-order chi connectivity index (χ1) is 9.51. The van der Waals surface area contributed by atoms with Crippen molar-refractivity contribution >= 4 is 11.6 Å². The van der Waals surface area contributed by atoms with Crippen LogP contribution in [0, 0.1) is 13.8 Å². The first-order valence-corrected chi connectivity index (χ1v) is 6.54. The quantitative estimate of drug-likeness (QED) is 0.916. The lowest BCUT2D eigenvalue weighted by Crippen LogP contribution is -2.06. The minimum atomic E-state index is -0.0814. The van der Waals surface area contributed by atoms with Crippen molar-refractivity contribution in [3.05, 3.63) is 47.5 Å². The third-order valence-electron chi connectivity index (χ3n) is 3.20. The number of hydrogen-bond acceptors (Lipinski definition) is 2. The SMILES string of the molecule is COc1ccc(NC(C)=O)cc1-c1cc(C)ccc1C. The number of aryl methyl sites for hydroxylation is 2. The summed E-state index contributed by atoms with van der Waals surface area (Å²) in [6, 6.07) is 12.0. The van der Waals surface area contributed by atoms with Gasteiger partial charge < -0.3 is 10.1 Å². The summed E-state index contributed by atoms with van der Waals surface area (Å²) >= 11 is 0. The van der Waals surface area contributed by atoms with E-state index in [0.29, 0.717) is 0 Å². The molecule has 0 saturated heterocycles. The maximum atomic E-state index is 11.2. The van der Waals surface area contributed by atoms with Crippen LogP contribution < -0.4 is 10.1 Å². The van der Waals surface area contributed by atoms with E-state index in [4.69, 9.17) is 4.74 Å². The van der Waals surface area contributed by atoms with Gasteiger partial charge in [0.15, 0.2) is 0 Å². The van der Waals surface area contributed by atoms with Crippen molar-refractivity contribution in [2.75, 3.05) is 12.4 Å². The molecule has 0 aliphatic heterocycles. The lowest BCUT2D eigenvalue weighted by molar-refractivity contribution is -0.114. The molecule has 2 aromatic carbocycles. The van der Waals surface area contributed by atoms with Crippen molar-refractivity contribution in [2.45, 2.75) is 20.8 Å². The van der Waals surface area contributed by atoms with Gasteiger partial charge in [-0.1, -0.05) is 23.8 Å². The van der Waals surface area contributed by atoms with E-state index in [1.54, 1.807) is 7.11 Å². The summed E-state index contributed by atoms with van der Waals surface area (Å²) in [5, 5.41) is 2.81. The third kappa shape index (κ3) is 2.99. The molecule has 3 nitrogen and oxygen atoms in total. The summed E-state index contributed by atoms with van der Waals surface area (Å²) in [7, 11) is 1.65. The van der Waals surface area contributed by atoms with Crippen molar-refractivity contribution in [3.63, 3.8) is 0 Å². The summed E-state index contributed by atoms with van der Waals surface area (Å²) in [5.74, 6) is 0.717. The molecule has 3 heteroatoms. The van der Waals surface area contributed by atoms with Crippen LogP contribution in [0.5, 0.6) is 5.75 Å². The Morgan fingerprint density at radius 3 is 2.45 bits per heavy atom. The maximum Gasteiger partial charge on any atom is 0.221 e. The molecule has 2 rings (SSSR count). The number of amides is 1. The molecule has 0 spiro atoms. The van der Waals surface area contributed by atoms with Gasteiger partial charge in [0.2, 0.25) is 5.91 Å². The van der Waals surface area contributed by atoms with E-state index in [0.717, 1.165) is 22.6 Å². The van der Waals surface area contributed by atoms with E-state index >= 15 is 0 Å². The van der Waals surface area contributed by atoms with E-state index in [1.165, 1.54) is 18.1 Å². The van der Waals surface area contributed by atoms with Gasteiger partial charge in [0.25, 0.3) is 0 Å². The van der Waals surface area contributed by atoms with E-state index in [1.807, 2.05) is 18.2 Å². The molecule has 0 saturated carbocycles. The molecule has 2 aromatic rings. The number of carbonyl (C=O) groups excluding carboxylic acids is 1. The molecule has 0 heterocycles. The molecular weight excluding hydrogens is 250 g/mol. The summed E-state index contributed by atoms with van der Waals surface area (Å²) in [6.45, 7) is 5.63. The Labute approximate surface area is 119 Å². The van der Waals surface area contributed by atoms with E-state index in [2.05, 4.69) is 37.4 Å². The van der Waals surface area contributed by atoms with Gasteiger partial charge in [-0.2, -0.15) is 0 Å². The van der Waals surface area contributed by atoms with Crippen LogP contribution in [0.4, 0.5) is 5.69 Å². The average Bonchev–Trinajstić information content (AvgIpc) is 2.41. The van der Waals surface area contributed by atoms with Crippen LogP contribution in [0.3, 0.4) is 0 Å². The number of rotatable bonds is 3. The highest BCUT2D eigenvalue weighted by molar-refractivity contribution is 5.90. The topological polar surface area (TPSA) is 38.3 Å². The molecule has 0 bridgehead atoms. The van der Waals surface area contributed by atoms with Crippen molar-refractivity contribution in [1.29, 1.82) is 0 Å². The van der Waals surface area contributed by atoms with E-state index in [9.17, 15) is 4.79 Å². The molecule has 1 N–H and O–H groups in total. The Morgan fingerprint density at radius 2 is 1.80 bits per heavy atom. The molecule has 0 unspecified atom stereocenters. The van der Waals surface area contributed by atoms with Gasteiger partial charge in [-0.3, -0.25) is 4.79 Å². The number of methoxy groups -OCH3 is 1. The largest absolute Gasteiger partial charge is 0.496 e. The van der Waals surface area contributed by atoms with Gasteiger partial charge in [-0.15, -0.1) is 0 Å². The molecule has 0 aliphatic carbocycles. The van der Waals surface area contributed by atoms with Crippen LogP contribution >= 0.6 is 0 Å². The highest BCUT2D eigenvalue weighted by Crippen LogP contribution is 2.35. The minimum Gasteiger partial charge on any atom is -0.496 e. The Balaban J connectivity index is 2.57. The minimum absolute atomic E-state index is 0.0814. The second-order valence-electron chi connectivity index (χ2n) is 4.91. The van der Waals surface area contributed by atoms with Gasteiger partial charge in [0.1, 0.15) is 5.75 Å².